The van der Waals surface area contributed by atoms with E-state index in [2.05, 4.69) is 5.32 Å². The van der Waals surface area contributed by atoms with Crippen molar-refractivity contribution in [3.8, 4) is 0 Å². The fourth-order valence-electron chi connectivity index (χ4n) is 0.772. The van der Waals surface area contributed by atoms with E-state index in [0.29, 0.717) is 6.29 Å². The van der Waals surface area contributed by atoms with Gasteiger partial charge in [-0.15, -0.1) is 0 Å². The van der Waals surface area contributed by atoms with Crippen molar-refractivity contribution in [2.75, 3.05) is 6.61 Å². The summed E-state index contributed by atoms with van der Waals surface area (Å²) < 4.78 is 4.93. The molecule has 0 saturated carbocycles. The fourth-order valence-corrected chi connectivity index (χ4v) is 0.772. The van der Waals surface area contributed by atoms with Crippen molar-refractivity contribution in [2.45, 2.75) is 38.8 Å². The van der Waals surface area contributed by atoms with Crippen LogP contribution in [-0.2, 0) is 9.53 Å². The van der Waals surface area contributed by atoms with E-state index in [4.69, 9.17) is 9.84 Å². The lowest BCUT2D eigenvalue weighted by Gasteiger charge is -2.21. The van der Waals surface area contributed by atoms with Crippen molar-refractivity contribution < 1.29 is 19.4 Å². The summed E-state index contributed by atoms with van der Waals surface area (Å²) in [5.41, 5.74) is -0.587. The van der Waals surface area contributed by atoms with E-state index in [-0.39, 0.29) is 13.0 Å². The quantitative estimate of drug-likeness (QED) is 0.651. The molecule has 0 spiro atoms. The van der Waals surface area contributed by atoms with Crippen LogP contribution in [0.25, 0.3) is 0 Å². The number of carbonyl (C=O) groups excluding carboxylic acids is 2. The van der Waals surface area contributed by atoms with Gasteiger partial charge in [-0.25, -0.2) is 4.79 Å². The minimum Gasteiger partial charge on any atom is -0.444 e. The predicted molar refractivity (Wildman–Crippen MR) is 50.9 cm³/mol. The molecule has 5 heteroatoms. The average molecular weight is 203 g/mol. The second-order valence-corrected chi connectivity index (χ2v) is 3.90. The third-order valence-electron chi connectivity index (χ3n) is 1.31. The summed E-state index contributed by atoms with van der Waals surface area (Å²) in [5, 5.41) is 10.9. The highest BCUT2D eigenvalue weighted by Crippen LogP contribution is 2.06. The van der Waals surface area contributed by atoms with Crippen LogP contribution in [-0.4, -0.2) is 35.7 Å². The molecule has 0 fully saturated rings. The summed E-state index contributed by atoms with van der Waals surface area (Å²) in [4.78, 5) is 21.5. The largest absolute Gasteiger partial charge is 0.444 e. The number of rotatable bonds is 4. The van der Waals surface area contributed by atoms with Crippen LogP contribution in [0.1, 0.15) is 27.2 Å². The highest BCUT2D eigenvalue weighted by molar-refractivity contribution is 5.73. The first-order chi connectivity index (χ1) is 6.39. The summed E-state index contributed by atoms with van der Waals surface area (Å²) >= 11 is 0. The maximum absolute atomic E-state index is 11.1. The zero-order valence-corrected chi connectivity index (χ0v) is 8.74. The van der Waals surface area contributed by atoms with E-state index in [1.54, 1.807) is 20.8 Å². The molecule has 0 aliphatic rings. The normalized spacial score (nSPS) is 13.1. The van der Waals surface area contributed by atoms with Crippen LogP contribution >= 0.6 is 0 Å². The molecule has 0 aliphatic carbocycles. The second-order valence-electron chi connectivity index (χ2n) is 3.90. The lowest BCUT2D eigenvalue weighted by Crippen LogP contribution is -2.40. The average Bonchev–Trinajstić information content (AvgIpc) is 2.00. The van der Waals surface area contributed by atoms with Gasteiger partial charge in [0.15, 0.2) is 0 Å². The van der Waals surface area contributed by atoms with Crippen LogP contribution in [0.5, 0.6) is 0 Å². The standard InChI is InChI=1S/C9H17NO4/c1-9(2,3)14-8(13)10-7(6-12)4-5-11/h6-7,11H,4-5H2,1-3H3,(H,10,13)/t7-/m0/s1. The number of nitrogens with one attached hydrogen (secondary N) is 1. The highest BCUT2D eigenvalue weighted by atomic mass is 16.6. The number of carbonyl (C=O) groups is 2. The molecule has 14 heavy (non-hydrogen) atoms. The van der Waals surface area contributed by atoms with Gasteiger partial charge in [0.25, 0.3) is 0 Å². The predicted octanol–water partition coefficient (Wildman–Crippen LogP) is 0.461. The van der Waals surface area contributed by atoms with E-state index in [1.807, 2.05) is 0 Å². The van der Waals surface area contributed by atoms with Crippen LogP contribution in [0.15, 0.2) is 0 Å². The van der Waals surface area contributed by atoms with Crippen LogP contribution in [0.2, 0.25) is 0 Å². The first kappa shape index (κ1) is 12.9. The molecule has 0 bridgehead atoms. The molecule has 2 N–H and O–H groups in total. The van der Waals surface area contributed by atoms with E-state index >= 15 is 0 Å². The van der Waals surface area contributed by atoms with Gasteiger partial charge >= 0.3 is 6.09 Å². The molecule has 0 saturated heterocycles. The molecule has 0 heterocycles. The van der Waals surface area contributed by atoms with E-state index in [1.165, 1.54) is 0 Å². The Balaban J connectivity index is 3.97. The number of hydrogen-bond acceptors (Lipinski definition) is 4. The van der Waals surface area contributed by atoms with E-state index in [0.717, 1.165) is 0 Å². The van der Waals surface area contributed by atoms with Crippen molar-refractivity contribution in [1.82, 2.24) is 5.32 Å². The molecule has 82 valence electrons. The van der Waals surface area contributed by atoms with Crippen molar-refractivity contribution in [3.63, 3.8) is 0 Å². The van der Waals surface area contributed by atoms with Crippen LogP contribution in [0.4, 0.5) is 4.79 Å². The SMILES string of the molecule is CC(C)(C)OC(=O)N[C@H](C=O)CCO. The topological polar surface area (TPSA) is 75.6 Å². The Morgan fingerprint density at radius 2 is 2.14 bits per heavy atom. The van der Waals surface area contributed by atoms with E-state index < -0.39 is 17.7 Å². The lowest BCUT2D eigenvalue weighted by molar-refractivity contribution is -0.110. The van der Waals surface area contributed by atoms with Gasteiger partial charge in [0.1, 0.15) is 11.9 Å². The Bertz CT molecular complexity index is 197. The number of aldehydes is 1. The molecular formula is C9H17NO4. The van der Waals surface area contributed by atoms with E-state index in [9.17, 15) is 9.59 Å². The number of aliphatic hydroxyl groups excluding tert-OH is 1. The highest BCUT2D eigenvalue weighted by Gasteiger charge is 2.18. The van der Waals surface area contributed by atoms with Gasteiger partial charge in [-0.3, -0.25) is 0 Å². The zero-order chi connectivity index (χ0) is 11.2. The molecular weight excluding hydrogens is 186 g/mol. The first-order valence-corrected chi connectivity index (χ1v) is 4.44. The molecule has 0 aromatic carbocycles. The minimum absolute atomic E-state index is 0.154. The molecule has 1 atom stereocenters. The number of ether oxygens (including phenoxy) is 1. The fraction of sp³-hybridized carbons (Fsp3) is 0.778. The van der Waals surface area contributed by atoms with Gasteiger partial charge < -0.3 is 20.0 Å². The molecule has 5 nitrogen and oxygen atoms in total. The van der Waals surface area contributed by atoms with Crippen LogP contribution in [0.3, 0.4) is 0 Å². The van der Waals surface area contributed by atoms with Crippen LogP contribution in [0, 0.1) is 0 Å². The molecule has 0 aromatic heterocycles. The van der Waals surface area contributed by atoms with Crippen molar-refractivity contribution in [1.29, 1.82) is 0 Å². The maximum Gasteiger partial charge on any atom is 0.408 e. The Kier molecular flexibility index (Phi) is 5.15. The molecule has 0 aliphatic heterocycles. The minimum atomic E-state index is -0.685. The number of alkyl carbamates (subject to hydrolysis) is 1. The Labute approximate surface area is 83.4 Å². The Hall–Kier alpha value is -1.10. The van der Waals surface area contributed by atoms with Gasteiger partial charge in [0.05, 0.1) is 6.04 Å². The van der Waals surface area contributed by atoms with Gasteiger partial charge in [-0.2, -0.15) is 0 Å². The summed E-state index contributed by atoms with van der Waals surface area (Å²) in [6, 6.07) is -0.685. The van der Waals surface area contributed by atoms with Crippen LogP contribution < -0.4 is 5.32 Å². The monoisotopic (exact) mass is 203 g/mol. The van der Waals surface area contributed by atoms with Crippen molar-refractivity contribution in [3.05, 3.63) is 0 Å². The maximum atomic E-state index is 11.1. The third-order valence-corrected chi connectivity index (χ3v) is 1.31. The number of amides is 1. The first-order valence-electron chi connectivity index (χ1n) is 4.44. The summed E-state index contributed by atoms with van der Waals surface area (Å²) in [6.07, 6.45) is 0.117. The zero-order valence-electron chi connectivity index (χ0n) is 8.74. The molecule has 0 unspecified atom stereocenters. The van der Waals surface area contributed by atoms with Gasteiger partial charge in [0, 0.05) is 6.61 Å². The number of hydrogen-bond donors (Lipinski definition) is 2. The van der Waals surface area contributed by atoms with Crippen molar-refractivity contribution in [2.24, 2.45) is 0 Å². The van der Waals surface area contributed by atoms with Gasteiger partial charge in [0.2, 0.25) is 0 Å². The second kappa shape index (κ2) is 5.59. The van der Waals surface area contributed by atoms with Gasteiger partial charge in [-0.05, 0) is 27.2 Å². The Morgan fingerprint density at radius 1 is 1.57 bits per heavy atom. The van der Waals surface area contributed by atoms with Gasteiger partial charge in [-0.1, -0.05) is 0 Å². The Morgan fingerprint density at radius 3 is 2.50 bits per heavy atom. The summed E-state index contributed by atoms with van der Waals surface area (Å²) in [5.74, 6) is 0. The third kappa shape index (κ3) is 6.42. The molecule has 0 aromatic rings. The summed E-state index contributed by atoms with van der Waals surface area (Å²) in [7, 11) is 0. The van der Waals surface area contributed by atoms with Crippen molar-refractivity contribution >= 4 is 12.4 Å². The molecule has 0 rings (SSSR count). The number of aliphatic hydroxyl groups is 1. The summed E-state index contributed by atoms with van der Waals surface area (Å²) in [6.45, 7) is 5.04. The smallest absolute Gasteiger partial charge is 0.408 e. The lowest BCUT2D eigenvalue weighted by atomic mass is 10.2. The molecule has 0 radical (unpaired) electrons. The molecule has 1 amide bonds.